The van der Waals surface area contributed by atoms with Crippen LogP contribution in [0.5, 0.6) is 17.2 Å². The standard InChI is InChI=1S/C20H21ClO5/c1-12-18(23)17(20(25-4)13(2)19(12)26-11-24-3)16(22)10-7-14-5-8-15(21)9-6-14/h5-10,23H,11H2,1-4H3. The lowest BCUT2D eigenvalue weighted by Crippen LogP contribution is -2.08. The highest BCUT2D eigenvalue weighted by atomic mass is 35.5. The number of hydrogen-bond donors (Lipinski definition) is 1. The Labute approximate surface area is 157 Å². The molecule has 5 nitrogen and oxygen atoms in total. The van der Waals surface area contributed by atoms with Crippen molar-refractivity contribution >= 4 is 23.5 Å². The van der Waals surface area contributed by atoms with Gasteiger partial charge < -0.3 is 19.3 Å². The lowest BCUT2D eigenvalue weighted by atomic mass is 9.98. The van der Waals surface area contributed by atoms with Crippen LogP contribution in [0.25, 0.3) is 6.08 Å². The highest BCUT2D eigenvalue weighted by Gasteiger charge is 2.24. The maximum absolute atomic E-state index is 12.7. The fourth-order valence-electron chi connectivity index (χ4n) is 2.62. The Morgan fingerprint density at radius 2 is 1.77 bits per heavy atom. The van der Waals surface area contributed by atoms with Crippen LogP contribution in [0.4, 0.5) is 0 Å². The molecule has 0 aliphatic carbocycles. The molecule has 0 saturated carbocycles. The zero-order valence-corrected chi connectivity index (χ0v) is 15.9. The molecule has 0 amide bonds. The molecular formula is C20H21ClO5. The monoisotopic (exact) mass is 376 g/mol. The quantitative estimate of drug-likeness (QED) is 0.436. The average Bonchev–Trinajstić information content (AvgIpc) is 2.63. The van der Waals surface area contributed by atoms with Gasteiger partial charge in [-0.15, -0.1) is 0 Å². The minimum atomic E-state index is -0.376. The Morgan fingerprint density at radius 1 is 1.12 bits per heavy atom. The Balaban J connectivity index is 2.44. The lowest BCUT2D eigenvalue weighted by molar-refractivity contribution is 0.0497. The molecular weight excluding hydrogens is 356 g/mol. The maximum atomic E-state index is 12.7. The number of carbonyl (C=O) groups excluding carboxylic acids is 1. The number of ketones is 1. The molecule has 0 fully saturated rings. The van der Waals surface area contributed by atoms with Crippen molar-refractivity contribution in [2.75, 3.05) is 21.0 Å². The minimum Gasteiger partial charge on any atom is -0.507 e. The van der Waals surface area contributed by atoms with Gasteiger partial charge >= 0.3 is 0 Å². The van der Waals surface area contributed by atoms with Crippen LogP contribution >= 0.6 is 11.6 Å². The van der Waals surface area contributed by atoms with Crippen LogP contribution in [0.3, 0.4) is 0 Å². The first kappa shape index (κ1) is 19.8. The fraction of sp³-hybridized carbons (Fsp3) is 0.250. The highest BCUT2D eigenvalue weighted by molar-refractivity contribution is 6.30. The van der Waals surface area contributed by atoms with Crippen molar-refractivity contribution in [2.24, 2.45) is 0 Å². The zero-order chi connectivity index (χ0) is 19.3. The Hall–Kier alpha value is -2.50. The molecule has 0 unspecified atom stereocenters. The third-order valence-corrected chi connectivity index (χ3v) is 4.16. The molecule has 2 aromatic rings. The molecule has 6 heteroatoms. The fourth-order valence-corrected chi connectivity index (χ4v) is 2.75. The number of phenols is 1. The van der Waals surface area contributed by atoms with Gasteiger partial charge in [-0.1, -0.05) is 29.8 Å². The molecule has 2 rings (SSSR count). The summed E-state index contributed by atoms with van der Waals surface area (Å²) in [5, 5.41) is 11.2. The van der Waals surface area contributed by atoms with E-state index in [0.717, 1.165) is 5.56 Å². The SMILES string of the molecule is COCOc1c(C)c(O)c(C(=O)C=Cc2ccc(Cl)cc2)c(OC)c1C. The first-order valence-electron chi connectivity index (χ1n) is 7.90. The number of allylic oxidation sites excluding steroid dienone is 1. The van der Waals surface area contributed by atoms with Crippen LogP contribution in [-0.4, -0.2) is 31.9 Å². The summed E-state index contributed by atoms with van der Waals surface area (Å²) >= 11 is 5.86. The van der Waals surface area contributed by atoms with Crippen LogP contribution in [0, 0.1) is 13.8 Å². The molecule has 0 atom stereocenters. The van der Waals surface area contributed by atoms with E-state index in [1.54, 1.807) is 44.2 Å². The van der Waals surface area contributed by atoms with E-state index in [2.05, 4.69) is 0 Å². The number of carbonyl (C=O) groups is 1. The minimum absolute atomic E-state index is 0.0219. The first-order chi connectivity index (χ1) is 12.4. The molecule has 0 aliphatic rings. The van der Waals surface area contributed by atoms with E-state index in [1.165, 1.54) is 20.3 Å². The predicted octanol–water partition coefficient (Wildman–Crippen LogP) is 4.55. The third-order valence-electron chi connectivity index (χ3n) is 3.91. The molecule has 0 heterocycles. The molecule has 0 saturated heterocycles. The van der Waals surface area contributed by atoms with Crippen LogP contribution < -0.4 is 9.47 Å². The average molecular weight is 377 g/mol. The van der Waals surface area contributed by atoms with Crippen molar-refractivity contribution in [1.29, 1.82) is 0 Å². The van der Waals surface area contributed by atoms with E-state index in [0.29, 0.717) is 21.9 Å². The van der Waals surface area contributed by atoms with Crippen LogP contribution in [0.1, 0.15) is 27.0 Å². The maximum Gasteiger partial charge on any atom is 0.193 e. The van der Waals surface area contributed by atoms with E-state index < -0.39 is 0 Å². The highest BCUT2D eigenvalue weighted by Crippen LogP contribution is 2.42. The van der Waals surface area contributed by atoms with Gasteiger partial charge in [0.15, 0.2) is 12.6 Å². The molecule has 0 aliphatic heterocycles. The molecule has 0 radical (unpaired) electrons. The van der Waals surface area contributed by atoms with Gasteiger partial charge in [0.2, 0.25) is 0 Å². The Kier molecular flexibility index (Phi) is 6.66. The van der Waals surface area contributed by atoms with Gasteiger partial charge in [0.25, 0.3) is 0 Å². The van der Waals surface area contributed by atoms with Crippen LogP contribution in [0.15, 0.2) is 30.3 Å². The van der Waals surface area contributed by atoms with Gasteiger partial charge in [-0.05, 0) is 37.6 Å². The van der Waals surface area contributed by atoms with Gasteiger partial charge in [0, 0.05) is 23.3 Å². The molecule has 0 aromatic heterocycles. The lowest BCUT2D eigenvalue weighted by Gasteiger charge is -2.18. The topological polar surface area (TPSA) is 65.0 Å². The Morgan fingerprint density at radius 3 is 2.35 bits per heavy atom. The van der Waals surface area contributed by atoms with Gasteiger partial charge in [0.1, 0.15) is 22.8 Å². The van der Waals surface area contributed by atoms with E-state index in [1.807, 2.05) is 0 Å². The van der Waals surface area contributed by atoms with Gasteiger partial charge in [-0.25, -0.2) is 0 Å². The molecule has 0 spiro atoms. The number of benzene rings is 2. The van der Waals surface area contributed by atoms with Gasteiger partial charge in [0.05, 0.1) is 7.11 Å². The third kappa shape index (κ3) is 4.18. The summed E-state index contributed by atoms with van der Waals surface area (Å²) in [6.45, 7) is 3.45. The van der Waals surface area contributed by atoms with Crippen LogP contribution in [0.2, 0.25) is 5.02 Å². The largest absolute Gasteiger partial charge is 0.507 e. The summed E-state index contributed by atoms with van der Waals surface area (Å²) in [6.07, 6.45) is 3.03. The van der Waals surface area contributed by atoms with Gasteiger partial charge in [-0.3, -0.25) is 4.79 Å². The smallest absolute Gasteiger partial charge is 0.193 e. The summed E-state index contributed by atoms with van der Waals surface area (Å²) in [5.74, 6) is 0.146. The van der Waals surface area contributed by atoms with Crippen molar-refractivity contribution in [1.82, 2.24) is 0 Å². The van der Waals surface area contributed by atoms with E-state index in [9.17, 15) is 9.90 Å². The van der Waals surface area contributed by atoms with Crippen LogP contribution in [-0.2, 0) is 4.74 Å². The van der Waals surface area contributed by atoms with Crippen molar-refractivity contribution in [3.05, 3.63) is 57.6 Å². The van der Waals surface area contributed by atoms with Crippen molar-refractivity contribution in [3.8, 4) is 17.2 Å². The predicted molar refractivity (Wildman–Crippen MR) is 101 cm³/mol. The second-order valence-corrected chi connectivity index (χ2v) is 6.07. The molecule has 0 bridgehead atoms. The number of phenolic OH excluding ortho intramolecular Hbond substituents is 1. The zero-order valence-electron chi connectivity index (χ0n) is 15.1. The summed E-state index contributed by atoms with van der Waals surface area (Å²) < 4.78 is 15.8. The summed E-state index contributed by atoms with van der Waals surface area (Å²) in [4.78, 5) is 12.7. The van der Waals surface area contributed by atoms with E-state index >= 15 is 0 Å². The van der Waals surface area contributed by atoms with E-state index in [4.69, 9.17) is 25.8 Å². The number of ether oxygens (including phenoxy) is 3. The molecule has 138 valence electrons. The number of halogens is 1. The molecule has 1 N–H and O–H groups in total. The van der Waals surface area contributed by atoms with Crippen molar-refractivity contribution in [3.63, 3.8) is 0 Å². The van der Waals surface area contributed by atoms with Gasteiger partial charge in [-0.2, -0.15) is 0 Å². The Bertz CT molecular complexity index is 825. The number of methoxy groups -OCH3 is 2. The summed E-state index contributed by atoms with van der Waals surface area (Å²) in [6, 6.07) is 7.06. The number of rotatable bonds is 7. The number of aromatic hydroxyl groups is 1. The first-order valence-corrected chi connectivity index (χ1v) is 8.28. The summed E-state index contributed by atoms with van der Waals surface area (Å²) in [7, 11) is 2.94. The van der Waals surface area contributed by atoms with Crippen molar-refractivity contribution < 1.29 is 24.1 Å². The second kappa shape index (κ2) is 8.74. The molecule has 26 heavy (non-hydrogen) atoms. The second-order valence-electron chi connectivity index (χ2n) is 5.64. The van der Waals surface area contributed by atoms with Crippen molar-refractivity contribution in [2.45, 2.75) is 13.8 Å². The molecule has 2 aromatic carbocycles. The summed E-state index contributed by atoms with van der Waals surface area (Å²) in [5.41, 5.74) is 1.97. The van der Waals surface area contributed by atoms with E-state index in [-0.39, 0.29) is 29.6 Å². The number of hydrogen-bond acceptors (Lipinski definition) is 5. The normalized spacial score (nSPS) is 11.0.